The van der Waals surface area contributed by atoms with Gasteiger partial charge in [-0.15, -0.1) is 0 Å². The van der Waals surface area contributed by atoms with Gasteiger partial charge in [-0.05, 0) is 25.2 Å². The minimum absolute atomic E-state index is 0.0612. The van der Waals surface area contributed by atoms with E-state index in [0.717, 1.165) is 63.7 Å². The second kappa shape index (κ2) is 57.3. The van der Waals surface area contributed by atoms with Gasteiger partial charge in [0, 0.05) is 19.3 Å². The summed E-state index contributed by atoms with van der Waals surface area (Å²) < 4.78 is 16.9. The lowest BCUT2D eigenvalue weighted by molar-refractivity contribution is -0.167. The molecule has 0 saturated heterocycles. The second-order valence-electron chi connectivity index (χ2n) is 21.9. The number of carbonyl (C=O) groups excluding carboxylic acids is 3. The fourth-order valence-corrected chi connectivity index (χ4v) is 9.78. The van der Waals surface area contributed by atoms with Crippen molar-refractivity contribution in [3.05, 3.63) is 0 Å². The molecule has 0 spiro atoms. The Hall–Kier alpha value is -1.59. The third-order valence-electron chi connectivity index (χ3n) is 14.9. The molecule has 6 heteroatoms. The molecule has 6 nitrogen and oxygen atoms in total. The quantitative estimate of drug-likeness (QED) is 0.0343. The van der Waals surface area contributed by atoms with Crippen molar-refractivity contribution in [1.29, 1.82) is 0 Å². The maximum Gasteiger partial charge on any atom is 0.306 e. The summed E-state index contributed by atoms with van der Waals surface area (Å²) in [7, 11) is 0. The Balaban J connectivity index is 4.28. The maximum absolute atomic E-state index is 12.9. The molecule has 0 aromatic heterocycles. The molecule has 0 aromatic carbocycles. The highest BCUT2D eigenvalue weighted by atomic mass is 16.6. The van der Waals surface area contributed by atoms with E-state index in [9.17, 15) is 14.4 Å². The van der Waals surface area contributed by atoms with Crippen LogP contribution in [-0.2, 0) is 28.6 Å². The van der Waals surface area contributed by atoms with E-state index in [1.165, 1.54) is 257 Å². The number of esters is 3. The largest absolute Gasteiger partial charge is 0.462 e. The van der Waals surface area contributed by atoms with E-state index in [-0.39, 0.29) is 31.1 Å². The van der Waals surface area contributed by atoms with Crippen molar-refractivity contribution in [3.8, 4) is 0 Å². The van der Waals surface area contributed by atoms with E-state index < -0.39 is 6.10 Å². The van der Waals surface area contributed by atoms with E-state index >= 15 is 0 Å². The third kappa shape index (κ3) is 55.6. The molecular formula is C63H122O6. The van der Waals surface area contributed by atoms with Crippen molar-refractivity contribution in [1.82, 2.24) is 0 Å². The molecule has 0 saturated carbocycles. The molecule has 0 bridgehead atoms. The third-order valence-corrected chi connectivity index (χ3v) is 14.9. The molecule has 0 amide bonds. The molecule has 410 valence electrons. The first kappa shape index (κ1) is 67.4. The average molecular weight is 976 g/mol. The Kier molecular flexibility index (Phi) is 56.0. The first-order valence-electron chi connectivity index (χ1n) is 31.4. The zero-order valence-electron chi connectivity index (χ0n) is 47.3. The van der Waals surface area contributed by atoms with Crippen LogP contribution in [0.4, 0.5) is 0 Å². The topological polar surface area (TPSA) is 78.9 Å². The fraction of sp³-hybridized carbons (Fsp3) is 0.952. The van der Waals surface area contributed by atoms with Crippen LogP contribution in [0, 0.1) is 5.92 Å². The van der Waals surface area contributed by atoms with Crippen LogP contribution in [0.25, 0.3) is 0 Å². The summed E-state index contributed by atoms with van der Waals surface area (Å²) in [6.45, 7) is 9.12. The highest BCUT2D eigenvalue weighted by Crippen LogP contribution is 2.19. The molecule has 69 heavy (non-hydrogen) atoms. The first-order chi connectivity index (χ1) is 33.9. The Bertz CT molecular complexity index is 1040. The summed E-state index contributed by atoms with van der Waals surface area (Å²) in [5, 5.41) is 0. The lowest BCUT2D eigenvalue weighted by atomic mass is 9.99. The van der Waals surface area contributed by atoms with Crippen LogP contribution in [0.5, 0.6) is 0 Å². The molecule has 0 aliphatic heterocycles. The van der Waals surface area contributed by atoms with E-state index in [1.54, 1.807) is 0 Å². The molecule has 0 heterocycles. The number of rotatable bonds is 58. The summed E-state index contributed by atoms with van der Waals surface area (Å²) in [4.78, 5) is 38.3. The highest BCUT2D eigenvalue weighted by Gasteiger charge is 2.19. The van der Waals surface area contributed by atoms with Crippen molar-refractivity contribution in [2.45, 2.75) is 368 Å². The van der Waals surface area contributed by atoms with Crippen LogP contribution in [0.2, 0.25) is 0 Å². The fourth-order valence-electron chi connectivity index (χ4n) is 9.78. The van der Waals surface area contributed by atoms with Crippen LogP contribution in [0.1, 0.15) is 362 Å². The van der Waals surface area contributed by atoms with Crippen molar-refractivity contribution >= 4 is 17.9 Å². The number of hydrogen-bond acceptors (Lipinski definition) is 6. The SMILES string of the molecule is CCCCCCCCCCCCCCCCCCCCC(=O)OC[C@@H](COC(=O)CCCCCCCCCCCCCCCCC(C)CC)OC(=O)CCCCCCCCCCCCCCCCC. The molecule has 0 aliphatic carbocycles. The minimum Gasteiger partial charge on any atom is -0.462 e. The smallest absolute Gasteiger partial charge is 0.306 e. The van der Waals surface area contributed by atoms with E-state index in [0.29, 0.717) is 19.3 Å². The van der Waals surface area contributed by atoms with Crippen LogP contribution >= 0.6 is 0 Å². The zero-order chi connectivity index (χ0) is 50.2. The van der Waals surface area contributed by atoms with Crippen LogP contribution in [-0.4, -0.2) is 37.2 Å². The molecule has 0 radical (unpaired) electrons. The predicted octanol–water partition coefficient (Wildman–Crippen LogP) is 21.0. The lowest BCUT2D eigenvalue weighted by Gasteiger charge is -2.18. The lowest BCUT2D eigenvalue weighted by Crippen LogP contribution is -2.30. The van der Waals surface area contributed by atoms with Gasteiger partial charge in [-0.2, -0.15) is 0 Å². The normalized spacial score (nSPS) is 12.3. The molecule has 0 fully saturated rings. The van der Waals surface area contributed by atoms with Crippen LogP contribution in [0.15, 0.2) is 0 Å². The average Bonchev–Trinajstić information content (AvgIpc) is 3.35. The van der Waals surface area contributed by atoms with Gasteiger partial charge in [0.2, 0.25) is 0 Å². The maximum atomic E-state index is 12.9. The minimum atomic E-state index is -0.762. The molecule has 0 rings (SSSR count). The molecule has 0 N–H and O–H groups in total. The Morgan fingerprint density at radius 1 is 0.290 bits per heavy atom. The van der Waals surface area contributed by atoms with Gasteiger partial charge in [-0.1, -0.05) is 323 Å². The number of unbranched alkanes of at least 4 members (excludes halogenated alkanes) is 44. The molecule has 0 aromatic rings. The summed E-state index contributed by atoms with van der Waals surface area (Å²) in [5.74, 6) is 0.0671. The second-order valence-corrected chi connectivity index (χ2v) is 21.9. The van der Waals surface area contributed by atoms with E-state index in [4.69, 9.17) is 14.2 Å². The van der Waals surface area contributed by atoms with Gasteiger partial charge >= 0.3 is 17.9 Å². The van der Waals surface area contributed by atoms with Crippen molar-refractivity contribution in [2.75, 3.05) is 13.2 Å². The van der Waals surface area contributed by atoms with Gasteiger partial charge in [0.1, 0.15) is 13.2 Å². The molecule has 1 unspecified atom stereocenters. The monoisotopic (exact) mass is 975 g/mol. The first-order valence-corrected chi connectivity index (χ1v) is 31.4. The van der Waals surface area contributed by atoms with Crippen molar-refractivity contribution < 1.29 is 28.6 Å². The Morgan fingerprint density at radius 3 is 0.754 bits per heavy atom. The van der Waals surface area contributed by atoms with E-state index in [1.807, 2.05) is 0 Å². The Labute approximate surface area is 431 Å². The Morgan fingerprint density at radius 2 is 0.507 bits per heavy atom. The number of hydrogen-bond donors (Lipinski definition) is 0. The van der Waals surface area contributed by atoms with Crippen LogP contribution in [0.3, 0.4) is 0 Å². The molecular weight excluding hydrogens is 853 g/mol. The summed E-state index contributed by atoms with van der Waals surface area (Å²) in [6.07, 6.45) is 63.8. The van der Waals surface area contributed by atoms with Gasteiger partial charge in [-0.3, -0.25) is 14.4 Å². The van der Waals surface area contributed by atoms with E-state index in [2.05, 4.69) is 27.7 Å². The van der Waals surface area contributed by atoms with Crippen LogP contribution < -0.4 is 0 Å². The van der Waals surface area contributed by atoms with Gasteiger partial charge in [0.05, 0.1) is 0 Å². The number of ether oxygens (including phenoxy) is 3. The summed E-state index contributed by atoms with van der Waals surface area (Å²) in [6, 6.07) is 0. The van der Waals surface area contributed by atoms with Gasteiger partial charge in [-0.25, -0.2) is 0 Å². The number of carbonyl (C=O) groups is 3. The summed E-state index contributed by atoms with van der Waals surface area (Å²) >= 11 is 0. The van der Waals surface area contributed by atoms with Gasteiger partial charge in [0.25, 0.3) is 0 Å². The summed E-state index contributed by atoms with van der Waals surface area (Å²) in [5.41, 5.74) is 0. The van der Waals surface area contributed by atoms with Crippen molar-refractivity contribution in [3.63, 3.8) is 0 Å². The van der Waals surface area contributed by atoms with Crippen molar-refractivity contribution in [2.24, 2.45) is 5.92 Å². The molecule has 2 atom stereocenters. The van der Waals surface area contributed by atoms with Gasteiger partial charge < -0.3 is 14.2 Å². The van der Waals surface area contributed by atoms with Gasteiger partial charge in [0.15, 0.2) is 6.10 Å². The molecule has 0 aliphatic rings. The predicted molar refractivity (Wildman–Crippen MR) is 298 cm³/mol. The highest BCUT2D eigenvalue weighted by molar-refractivity contribution is 5.71. The zero-order valence-corrected chi connectivity index (χ0v) is 47.3. The standard InChI is InChI=1S/C63H122O6/c1-5-8-10-12-14-16-18-20-22-23-24-26-30-34-38-42-46-50-54-61(64)67-57-60(69-63(66)56-52-48-44-40-36-32-25-21-19-17-15-13-11-9-6-2)58-68-62(65)55-51-47-43-39-35-31-28-27-29-33-37-41-45-49-53-59(4)7-3/h59-60H,5-58H2,1-4H3/t59?,60-/m0/s1.